The smallest absolute Gasteiger partial charge is 0.238 e. The molecule has 0 unspecified atom stereocenters. The van der Waals surface area contributed by atoms with Gasteiger partial charge in [0.25, 0.3) is 0 Å². The third kappa shape index (κ3) is 7.27. The van der Waals surface area contributed by atoms with Crippen LogP contribution in [0, 0.1) is 0 Å². The van der Waals surface area contributed by atoms with E-state index >= 15 is 0 Å². The summed E-state index contributed by atoms with van der Waals surface area (Å²) >= 11 is 0. The molecule has 2 aromatic rings. The number of nitrogens with one attached hydrogen (secondary N) is 3. The Hall–Kier alpha value is -3.39. The van der Waals surface area contributed by atoms with Gasteiger partial charge in [-0.25, -0.2) is 0 Å². The third-order valence-electron chi connectivity index (χ3n) is 4.05. The monoisotopic (exact) mass is 398 g/mol. The Balaban J connectivity index is 1.87. The van der Waals surface area contributed by atoms with Crippen LogP contribution < -0.4 is 20.7 Å². The summed E-state index contributed by atoms with van der Waals surface area (Å²) in [5.41, 5.74) is 1.84. The molecule has 0 heterocycles. The Morgan fingerprint density at radius 2 is 1.41 bits per heavy atom. The van der Waals surface area contributed by atoms with Crippen molar-refractivity contribution in [1.29, 1.82) is 0 Å². The minimum absolute atomic E-state index is 0.0727. The first kappa shape index (κ1) is 21.9. The summed E-state index contributed by atoms with van der Waals surface area (Å²) in [5, 5.41) is 8.25. The molecule has 0 spiro atoms. The molecule has 8 nitrogen and oxygen atoms in total. The molecule has 0 radical (unpaired) electrons. The molecule has 3 amide bonds. The number of methoxy groups -OCH3 is 1. The van der Waals surface area contributed by atoms with Crippen LogP contribution >= 0.6 is 0 Å². The van der Waals surface area contributed by atoms with Gasteiger partial charge in [-0.3, -0.25) is 19.3 Å². The lowest BCUT2D eigenvalue weighted by Gasteiger charge is -2.20. The van der Waals surface area contributed by atoms with Crippen LogP contribution in [0.15, 0.2) is 48.5 Å². The first-order valence-electron chi connectivity index (χ1n) is 9.24. The van der Waals surface area contributed by atoms with Gasteiger partial charge in [-0.1, -0.05) is 19.1 Å². The SMILES string of the molecule is CCN(CC(=O)Nc1ccc(NC(C)=O)cc1)CC(=O)Nc1ccccc1OC. The number of hydrogen-bond acceptors (Lipinski definition) is 5. The highest BCUT2D eigenvalue weighted by Gasteiger charge is 2.14. The van der Waals surface area contributed by atoms with E-state index in [4.69, 9.17) is 4.74 Å². The Kier molecular flexibility index (Phi) is 8.17. The van der Waals surface area contributed by atoms with Crippen LogP contribution in [-0.2, 0) is 14.4 Å². The normalized spacial score (nSPS) is 10.3. The highest BCUT2D eigenvalue weighted by Crippen LogP contribution is 2.22. The minimum atomic E-state index is -0.233. The Bertz CT molecular complexity index is 852. The molecule has 0 aliphatic carbocycles. The second-order valence-electron chi connectivity index (χ2n) is 6.36. The van der Waals surface area contributed by atoms with Crippen molar-refractivity contribution in [3.8, 4) is 5.75 Å². The zero-order valence-corrected chi connectivity index (χ0v) is 16.8. The average molecular weight is 398 g/mol. The zero-order chi connectivity index (χ0) is 21.2. The zero-order valence-electron chi connectivity index (χ0n) is 16.8. The van der Waals surface area contributed by atoms with Crippen LogP contribution in [-0.4, -0.2) is 49.4 Å². The number of hydrogen-bond donors (Lipinski definition) is 3. The molecule has 0 saturated carbocycles. The van der Waals surface area contributed by atoms with E-state index < -0.39 is 0 Å². The first-order chi connectivity index (χ1) is 13.9. The lowest BCUT2D eigenvalue weighted by atomic mass is 10.2. The van der Waals surface area contributed by atoms with Gasteiger partial charge in [0.2, 0.25) is 17.7 Å². The summed E-state index contributed by atoms with van der Waals surface area (Å²) in [4.78, 5) is 37.4. The maximum absolute atomic E-state index is 12.3. The fourth-order valence-corrected chi connectivity index (χ4v) is 2.66. The molecule has 2 aromatic carbocycles. The first-order valence-corrected chi connectivity index (χ1v) is 9.24. The van der Waals surface area contributed by atoms with Crippen LogP contribution in [0.25, 0.3) is 0 Å². The van der Waals surface area contributed by atoms with E-state index in [0.717, 1.165) is 0 Å². The third-order valence-corrected chi connectivity index (χ3v) is 4.05. The Morgan fingerprint density at radius 1 is 0.862 bits per heavy atom. The maximum atomic E-state index is 12.3. The van der Waals surface area contributed by atoms with Crippen molar-refractivity contribution in [3.05, 3.63) is 48.5 Å². The van der Waals surface area contributed by atoms with E-state index in [9.17, 15) is 14.4 Å². The summed E-state index contributed by atoms with van der Waals surface area (Å²) in [6.07, 6.45) is 0. The Morgan fingerprint density at radius 3 is 1.97 bits per heavy atom. The van der Waals surface area contributed by atoms with Gasteiger partial charge in [0, 0.05) is 18.3 Å². The second kappa shape index (κ2) is 10.8. The molecule has 0 aromatic heterocycles. The molecule has 154 valence electrons. The number of ether oxygens (including phenoxy) is 1. The van der Waals surface area contributed by atoms with Gasteiger partial charge >= 0.3 is 0 Å². The summed E-state index contributed by atoms with van der Waals surface area (Å²) in [7, 11) is 1.54. The summed E-state index contributed by atoms with van der Waals surface area (Å²) in [6.45, 7) is 3.99. The van der Waals surface area contributed by atoms with Gasteiger partial charge in [-0.15, -0.1) is 0 Å². The fourth-order valence-electron chi connectivity index (χ4n) is 2.66. The van der Waals surface area contributed by atoms with Crippen molar-refractivity contribution in [2.45, 2.75) is 13.8 Å². The van der Waals surface area contributed by atoms with Crippen LogP contribution in [0.4, 0.5) is 17.1 Å². The number of nitrogens with zero attached hydrogens (tertiary/aromatic N) is 1. The summed E-state index contributed by atoms with van der Waals surface area (Å²) in [5.74, 6) is -0.0517. The van der Waals surface area contributed by atoms with Crippen molar-refractivity contribution >= 4 is 34.8 Å². The second-order valence-corrected chi connectivity index (χ2v) is 6.36. The number of carbonyl (C=O) groups excluding carboxylic acids is 3. The lowest BCUT2D eigenvalue weighted by molar-refractivity contribution is -0.120. The summed E-state index contributed by atoms with van der Waals surface area (Å²) in [6, 6.07) is 14.0. The minimum Gasteiger partial charge on any atom is -0.495 e. The van der Waals surface area contributed by atoms with Crippen LogP contribution in [0.1, 0.15) is 13.8 Å². The predicted molar refractivity (Wildman–Crippen MR) is 113 cm³/mol. The van der Waals surface area contributed by atoms with Crippen molar-refractivity contribution in [2.24, 2.45) is 0 Å². The summed E-state index contributed by atoms with van der Waals surface area (Å²) < 4.78 is 5.22. The van der Waals surface area contributed by atoms with E-state index in [0.29, 0.717) is 29.4 Å². The number of carbonyl (C=O) groups is 3. The molecule has 2 rings (SSSR count). The standard InChI is InChI=1S/C21H26N4O4/c1-4-25(14-21(28)24-18-7-5-6-8-19(18)29-3)13-20(27)23-17-11-9-16(10-12-17)22-15(2)26/h5-12H,4,13-14H2,1-3H3,(H,22,26)(H,23,27)(H,24,28). The molecular weight excluding hydrogens is 372 g/mol. The van der Waals surface area contributed by atoms with Crippen LogP contribution in [0.2, 0.25) is 0 Å². The molecule has 3 N–H and O–H groups in total. The highest BCUT2D eigenvalue weighted by molar-refractivity contribution is 5.95. The van der Waals surface area contributed by atoms with E-state index in [2.05, 4.69) is 16.0 Å². The van der Waals surface area contributed by atoms with Gasteiger partial charge in [0.1, 0.15) is 5.75 Å². The molecule has 29 heavy (non-hydrogen) atoms. The van der Waals surface area contributed by atoms with Gasteiger partial charge in [0.05, 0.1) is 25.9 Å². The van der Waals surface area contributed by atoms with Crippen molar-refractivity contribution < 1.29 is 19.1 Å². The largest absolute Gasteiger partial charge is 0.495 e. The van der Waals surface area contributed by atoms with Crippen LogP contribution in [0.5, 0.6) is 5.75 Å². The molecule has 8 heteroatoms. The van der Waals surface area contributed by atoms with Crippen LogP contribution in [0.3, 0.4) is 0 Å². The number of para-hydroxylation sites is 2. The predicted octanol–water partition coefficient (Wildman–Crippen LogP) is 2.55. The molecule has 0 saturated heterocycles. The van der Waals surface area contributed by atoms with E-state index in [1.54, 1.807) is 47.4 Å². The van der Waals surface area contributed by atoms with Gasteiger partial charge in [-0.05, 0) is 42.9 Å². The average Bonchev–Trinajstić information content (AvgIpc) is 2.69. The molecular formula is C21H26N4O4. The lowest BCUT2D eigenvalue weighted by Crippen LogP contribution is -2.38. The number of rotatable bonds is 9. The van der Waals surface area contributed by atoms with Gasteiger partial charge in [0.15, 0.2) is 0 Å². The fraction of sp³-hybridized carbons (Fsp3) is 0.286. The van der Waals surface area contributed by atoms with Crippen molar-refractivity contribution in [2.75, 3.05) is 42.7 Å². The molecule has 0 bridgehead atoms. The number of benzene rings is 2. The molecule has 0 fully saturated rings. The molecule has 0 aliphatic rings. The van der Waals surface area contributed by atoms with Crippen molar-refractivity contribution in [3.63, 3.8) is 0 Å². The molecule has 0 atom stereocenters. The Labute approximate surface area is 170 Å². The maximum Gasteiger partial charge on any atom is 0.238 e. The van der Waals surface area contributed by atoms with Crippen molar-refractivity contribution in [1.82, 2.24) is 4.90 Å². The molecule has 0 aliphatic heterocycles. The van der Waals surface area contributed by atoms with E-state index in [1.165, 1.54) is 14.0 Å². The number of likely N-dealkylation sites (N-methyl/N-ethyl adjacent to an activating group) is 1. The highest BCUT2D eigenvalue weighted by atomic mass is 16.5. The van der Waals surface area contributed by atoms with E-state index in [1.807, 2.05) is 13.0 Å². The topological polar surface area (TPSA) is 99.8 Å². The number of anilines is 3. The van der Waals surface area contributed by atoms with Gasteiger partial charge in [-0.2, -0.15) is 0 Å². The quantitative estimate of drug-likeness (QED) is 0.603. The number of amides is 3. The van der Waals surface area contributed by atoms with Gasteiger partial charge < -0.3 is 20.7 Å². The van der Waals surface area contributed by atoms with E-state index in [-0.39, 0.29) is 30.8 Å².